The van der Waals surface area contributed by atoms with Gasteiger partial charge in [-0.1, -0.05) is 31.2 Å². The molecule has 0 bridgehead atoms. The van der Waals surface area contributed by atoms with Crippen molar-refractivity contribution in [1.82, 2.24) is 15.3 Å². The zero-order valence-electron chi connectivity index (χ0n) is 15.0. The molecular formula is C20H22N4OS. The van der Waals surface area contributed by atoms with E-state index >= 15 is 0 Å². The van der Waals surface area contributed by atoms with Gasteiger partial charge in [0, 0.05) is 19.8 Å². The topological polar surface area (TPSA) is 66.9 Å². The number of carbonyl (C=O) groups is 1. The highest BCUT2D eigenvalue weighted by atomic mass is 32.1. The summed E-state index contributed by atoms with van der Waals surface area (Å²) >= 11 is 1.43. The number of nitrogens with zero attached hydrogens (tertiary/aromatic N) is 2. The number of aryl methyl sites for hydroxylation is 1. The third kappa shape index (κ3) is 4.46. The molecule has 3 rings (SSSR count). The van der Waals surface area contributed by atoms with E-state index < -0.39 is 0 Å². The Labute approximate surface area is 157 Å². The van der Waals surface area contributed by atoms with Crippen molar-refractivity contribution in [1.29, 1.82) is 0 Å². The zero-order chi connectivity index (χ0) is 18.4. The highest BCUT2D eigenvalue weighted by Gasteiger charge is 2.11. The second-order valence-electron chi connectivity index (χ2n) is 5.86. The average Bonchev–Trinajstić information content (AvgIpc) is 3.19. The smallest absolute Gasteiger partial charge is 0.261 e. The summed E-state index contributed by atoms with van der Waals surface area (Å²) in [6.07, 6.45) is 3.57. The van der Waals surface area contributed by atoms with Crippen molar-refractivity contribution >= 4 is 23.2 Å². The molecule has 2 N–H and O–H groups in total. The molecule has 0 radical (unpaired) electrons. The van der Waals surface area contributed by atoms with E-state index in [4.69, 9.17) is 0 Å². The Balaban J connectivity index is 1.57. The van der Waals surface area contributed by atoms with Crippen LogP contribution in [0.25, 0.3) is 10.6 Å². The molecule has 5 nitrogen and oxygen atoms in total. The molecule has 0 aliphatic carbocycles. The fraction of sp³-hybridized carbons (Fsp3) is 0.250. The summed E-state index contributed by atoms with van der Waals surface area (Å²) in [5, 5.41) is 5.91. The molecule has 26 heavy (non-hydrogen) atoms. The van der Waals surface area contributed by atoms with Crippen molar-refractivity contribution in [2.24, 2.45) is 0 Å². The first-order valence-electron chi connectivity index (χ1n) is 8.66. The third-order valence-corrected chi connectivity index (χ3v) is 5.20. The van der Waals surface area contributed by atoms with Gasteiger partial charge < -0.3 is 10.6 Å². The zero-order valence-corrected chi connectivity index (χ0v) is 15.8. The van der Waals surface area contributed by atoms with Gasteiger partial charge >= 0.3 is 0 Å². The van der Waals surface area contributed by atoms with Crippen molar-refractivity contribution in [2.75, 3.05) is 18.9 Å². The van der Waals surface area contributed by atoms with Crippen molar-refractivity contribution in [3.63, 3.8) is 0 Å². The van der Waals surface area contributed by atoms with Crippen molar-refractivity contribution in [3.8, 4) is 10.6 Å². The first-order chi connectivity index (χ1) is 12.7. The maximum absolute atomic E-state index is 12.4. The number of amides is 1. The van der Waals surface area contributed by atoms with E-state index in [2.05, 4.69) is 51.8 Å². The summed E-state index contributed by atoms with van der Waals surface area (Å²) in [5.41, 5.74) is 3.37. The van der Waals surface area contributed by atoms with E-state index in [-0.39, 0.29) is 5.91 Å². The number of nitrogens with one attached hydrogen (secondary N) is 2. The molecule has 0 spiro atoms. The van der Waals surface area contributed by atoms with Crippen molar-refractivity contribution in [3.05, 3.63) is 64.7 Å². The average molecular weight is 366 g/mol. The molecule has 0 fully saturated rings. The Hall–Kier alpha value is -2.73. The molecule has 2 aromatic heterocycles. The number of thiophene rings is 1. The molecule has 0 saturated heterocycles. The van der Waals surface area contributed by atoms with Crippen LogP contribution in [0.1, 0.15) is 27.7 Å². The first kappa shape index (κ1) is 18.1. The van der Waals surface area contributed by atoms with Crippen molar-refractivity contribution in [2.45, 2.75) is 19.8 Å². The number of anilines is 1. The highest BCUT2D eigenvalue weighted by molar-refractivity contribution is 7.17. The van der Waals surface area contributed by atoms with Gasteiger partial charge in [-0.15, -0.1) is 11.3 Å². The summed E-state index contributed by atoms with van der Waals surface area (Å²) in [6, 6.07) is 14.1. The van der Waals surface area contributed by atoms with Gasteiger partial charge in [0.1, 0.15) is 0 Å². The molecule has 0 atom stereocenters. The third-order valence-electron chi connectivity index (χ3n) is 4.09. The molecule has 1 aromatic carbocycles. The highest BCUT2D eigenvalue weighted by Crippen LogP contribution is 2.26. The Morgan fingerprint density at radius 2 is 1.85 bits per heavy atom. The first-order valence-corrected chi connectivity index (χ1v) is 9.48. The summed E-state index contributed by atoms with van der Waals surface area (Å²) in [5.74, 6) is 0.519. The largest absolute Gasteiger partial charge is 0.357 e. The summed E-state index contributed by atoms with van der Waals surface area (Å²) < 4.78 is 0. The summed E-state index contributed by atoms with van der Waals surface area (Å²) in [7, 11) is 1.78. The molecule has 0 unspecified atom stereocenters. The molecule has 0 aliphatic heterocycles. The van der Waals surface area contributed by atoms with Crippen LogP contribution in [0.15, 0.2) is 48.7 Å². The maximum atomic E-state index is 12.4. The fourth-order valence-electron chi connectivity index (χ4n) is 2.56. The lowest BCUT2D eigenvalue weighted by atomic mass is 10.1. The standard InChI is InChI=1S/C20H22N4OS/c1-3-14-4-6-15(7-5-14)10-12-22-19(25)18-9-8-17(26-18)16-11-13-23-20(21-2)24-16/h4-9,11,13H,3,10,12H2,1-2H3,(H,22,25)(H,21,23,24). The van der Waals surface area contributed by atoms with Crippen LogP contribution in [0.4, 0.5) is 5.95 Å². The van der Waals surface area contributed by atoms with Crippen molar-refractivity contribution < 1.29 is 4.79 Å². The van der Waals surface area contributed by atoms with Gasteiger partial charge in [0.15, 0.2) is 0 Å². The lowest BCUT2D eigenvalue weighted by Crippen LogP contribution is -2.24. The molecule has 0 saturated carbocycles. The van der Waals surface area contributed by atoms with Crippen LogP contribution in [-0.2, 0) is 12.8 Å². The van der Waals surface area contributed by atoms with Gasteiger partial charge in [0.05, 0.1) is 15.4 Å². The number of aromatic nitrogens is 2. The second kappa shape index (κ2) is 8.58. The van der Waals surface area contributed by atoms with Crippen LogP contribution in [-0.4, -0.2) is 29.5 Å². The molecule has 1 amide bonds. The molecule has 3 aromatic rings. The molecule has 134 valence electrons. The van der Waals surface area contributed by atoms with Gasteiger partial charge in [0.25, 0.3) is 5.91 Å². The van der Waals surface area contributed by atoms with E-state index in [0.29, 0.717) is 17.4 Å². The Kier molecular flexibility index (Phi) is 5.96. The van der Waals surface area contributed by atoms with Gasteiger partial charge in [-0.25, -0.2) is 9.97 Å². The normalized spacial score (nSPS) is 10.5. The summed E-state index contributed by atoms with van der Waals surface area (Å²) in [4.78, 5) is 22.5. The summed E-state index contributed by atoms with van der Waals surface area (Å²) in [6.45, 7) is 2.76. The van der Waals surface area contributed by atoms with E-state index in [1.54, 1.807) is 13.2 Å². The van der Waals surface area contributed by atoms with Gasteiger partial charge in [0.2, 0.25) is 5.95 Å². The number of hydrogen-bond donors (Lipinski definition) is 2. The minimum Gasteiger partial charge on any atom is -0.357 e. The number of hydrogen-bond acceptors (Lipinski definition) is 5. The van der Waals surface area contributed by atoms with Crippen LogP contribution in [0.2, 0.25) is 0 Å². The van der Waals surface area contributed by atoms with Crippen LogP contribution in [0.5, 0.6) is 0 Å². The van der Waals surface area contributed by atoms with E-state index in [0.717, 1.165) is 23.4 Å². The van der Waals surface area contributed by atoms with Crippen LogP contribution in [0, 0.1) is 0 Å². The minimum absolute atomic E-state index is 0.0469. The van der Waals surface area contributed by atoms with Gasteiger partial charge in [-0.2, -0.15) is 0 Å². The SMILES string of the molecule is CCc1ccc(CCNC(=O)c2ccc(-c3ccnc(NC)n3)s2)cc1. The fourth-order valence-corrected chi connectivity index (χ4v) is 3.46. The predicted molar refractivity (Wildman–Crippen MR) is 107 cm³/mol. The van der Waals surface area contributed by atoms with E-state index in [1.807, 2.05) is 18.2 Å². The van der Waals surface area contributed by atoms with E-state index in [1.165, 1.54) is 22.5 Å². The molecule has 6 heteroatoms. The Morgan fingerprint density at radius 3 is 2.58 bits per heavy atom. The minimum atomic E-state index is -0.0469. The lowest BCUT2D eigenvalue weighted by molar-refractivity contribution is 0.0958. The monoisotopic (exact) mass is 366 g/mol. The molecule has 0 aliphatic rings. The van der Waals surface area contributed by atoms with Crippen LogP contribution >= 0.6 is 11.3 Å². The Bertz CT molecular complexity index is 874. The predicted octanol–water partition coefficient (Wildman–Crippen LogP) is 3.78. The van der Waals surface area contributed by atoms with Crippen LogP contribution < -0.4 is 10.6 Å². The lowest BCUT2D eigenvalue weighted by Gasteiger charge is -2.05. The van der Waals surface area contributed by atoms with E-state index in [9.17, 15) is 4.79 Å². The van der Waals surface area contributed by atoms with Gasteiger partial charge in [-0.3, -0.25) is 4.79 Å². The molecular weight excluding hydrogens is 344 g/mol. The number of rotatable bonds is 7. The number of carbonyl (C=O) groups excluding carboxylic acids is 1. The van der Waals surface area contributed by atoms with Gasteiger partial charge in [-0.05, 0) is 42.2 Å². The maximum Gasteiger partial charge on any atom is 0.261 e. The van der Waals surface area contributed by atoms with Crippen LogP contribution in [0.3, 0.4) is 0 Å². The second-order valence-corrected chi connectivity index (χ2v) is 6.94. The molecule has 2 heterocycles. The Morgan fingerprint density at radius 1 is 1.08 bits per heavy atom. The number of benzene rings is 1. The quantitative estimate of drug-likeness (QED) is 0.668.